The Bertz CT molecular complexity index is 666. The quantitative estimate of drug-likeness (QED) is 0.648. The van der Waals surface area contributed by atoms with E-state index in [2.05, 4.69) is 52.4 Å². The van der Waals surface area contributed by atoms with E-state index in [-0.39, 0.29) is 5.41 Å². The van der Waals surface area contributed by atoms with Crippen LogP contribution in [-0.4, -0.2) is 55.0 Å². The van der Waals surface area contributed by atoms with Crippen molar-refractivity contribution in [2.75, 3.05) is 39.3 Å². The van der Waals surface area contributed by atoms with Crippen molar-refractivity contribution in [2.45, 2.75) is 64.8 Å². The number of unbranched alkanes of at least 4 members (excludes halogenated alkanes) is 1. The lowest BCUT2D eigenvalue weighted by molar-refractivity contribution is -0.137. The van der Waals surface area contributed by atoms with Gasteiger partial charge in [0, 0.05) is 44.7 Å². The molecule has 1 amide bonds. The summed E-state index contributed by atoms with van der Waals surface area (Å²) in [5.74, 6) is 1.89. The minimum atomic E-state index is -0.0321. The third-order valence-corrected chi connectivity index (χ3v) is 7.80. The monoisotopic (exact) mass is 411 g/mol. The molecule has 30 heavy (non-hydrogen) atoms. The molecule has 0 spiro atoms. The largest absolute Gasteiger partial charge is 0.356 e. The van der Waals surface area contributed by atoms with Crippen molar-refractivity contribution in [2.24, 2.45) is 17.3 Å². The lowest BCUT2D eigenvalue weighted by Crippen LogP contribution is -2.48. The lowest BCUT2D eigenvalue weighted by Gasteiger charge is -2.46. The lowest BCUT2D eigenvalue weighted by atomic mass is 9.59. The summed E-state index contributed by atoms with van der Waals surface area (Å²) >= 11 is 0. The van der Waals surface area contributed by atoms with Crippen LogP contribution in [0.5, 0.6) is 0 Å². The fraction of sp³-hybridized carbons (Fsp3) is 0.731. The Balaban J connectivity index is 1.10. The molecule has 0 aromatic heterocycles. The molecule has 1 heterocycles. The highest BCUT2D eigenvalue weighted by molar-refractivity contribution is 5.82. The summed E-state index contributed by atoms with van der Waals surface area (Å²) in [6.07, 6.45) is 9.61. The molecule has 1 aliphatic heterocycles. The number of hydrogen-bond donors (Lipinski definition) is 1. The molecule has 4 heteroatoms. The number of nitrogens with one attached hydrogen (secondary N) is 1. The second-order valence-corrected chi connectivity index (χ2v) is 10.4. The van der Waals surface area contributed by atoms with Crippen LogP contribution in [0.15, 0.2) is 30.3 Å². The predicted octanol–water partition coefficient (Wildman–Crippen LogP) is 4.31. The second kappa shape index (κ2) is 10.3. The molecule has 3 atom stereocenters. The van der Waals surface area contributed by atoms with Crippen molar-refractivity contribution in [1.82, 2.24) is 15.1 Å². The number of piperazine rings is 1. The highest BCUT2D eigenvalue weighted by Gasteiger charge is 2.46. The normalized spacial score (nSPS) is 30.2. The van der Waals surface area contributed by atoms with Crippen molar-refractivity contribution in [3.8, 4) is 0 Å². The number of fused-ring (bicyclic) bond motifs is 2. The van der Waals surface area contributed by atoms with Crippen molar-refractivity contribution >= 4 is 5.91 Å². The van der Waals surface area contributed by atoms with Gasteiger partial charge >= 0.3 is 0 Å². The molecular weight excluding hydrogens is 370 g/mol. The highest BCUT2D eigenvalue weighted by Crippen LogP contribution is 2.51. The molecule has 1 aromatic carbocycles. The van der Waals surface area contributed by atoms with Gasteiger partial charge in [0.15, 0.2) is 0 Å². The Morgan fingerprint density at radius 3 is 2.63 bits per heavy atom. The van der Waals surface area contributed by atoms with Crippen LogP contribution in [0.4, 0.5) is 0 Å². The fourth-order valence-electron chi connectivity index (χ4n) is 6.35. The van der Waals surface area contributed by atoms with Gasteiger partial charge in [-0.15, -0.1) is 0 Å². The van der Waals surface area contributed by atoms with E-state index in [1.807, 2.05) is 0 Å². The van der Waals surface area contributed by atoms with Gasteiger partial charge in [-0.25, -0.2) is 0 Å². The van der Waals surface area contributed by atoms with Crippen molar-refractivity contribution in [3.63, 3.8) is 0 Å². The van der Waals surface area contributed by atoms with Gasteiger partial charge in [0.25, 0.3) is 0 Å². The van der Waals surface area contributed by atoms with Crippen molar-refractivity contribution < 1.29 is 4.79 Å². The minimum Gasteiger partial charge on any atom is -0.356 e. The number of nitrogens with zero attached hydrogens (tertiary/aromatic N) is 2. The van der Waals surface area contributed by atoms with E-state index in [4.69, 9.17) is 0 Å². The number of carbonyl (C=O) groups excluding carboxylic acids is 1. The van der Waals surface area contributed by atoms with Crippen LogP contribution in [0, 0.1) is 17.3 Å². The van der Waals surface area contributed by atoms with Crippen molar-refractivity contribution in [3.05, 3.63) is 35.9 Å². The maximum absolute atomic E-state index is 13.0. The first-order valence-electron chi connectivity index (χ1n) is 12.4. The molecule has 1 aromatic rings. The Morgan fingerprint density at radius 1 is 1.07 bits per heavy atom. The van der Waals surface area contributed by atoms with E-state index < -0.39 is 0 Å². The van der Waals surface area contributed by atoms with Gasteiger partial charge in [-0.05, 0) is 62.5 Å². The minimum absolute atomic E-state index is 0.0321. The summed E-state index contributed by atoms with van der Waals surface area (Å²) in [5, 5.41) is 3.33. The standard InChI is InChI=1S/C26H41N3O/c1-22-18-24-10-7-11-26(19-22,20-24)25(30)27-12-5-6-13-28-14-16-29(17-15-28)21-23-8-3-2-4-9-23/h2-4,8-9,22,24H,5-7,10-21H2,1H3,(H,27,30). The zero-order valence-corrected chi connectivity index (χ0v) is 19.0. The van der Waals surface area contributed by atoms with Crippen LogP contribution in [0.25, 0.3) is 0 Å². The average Bonchev–Trinajstić information content (AvgIpc) is 2.75. The van der Waals surface area contributed by atoms with Gasteiger partial charge in [-0.3, -0.25) is 9.69 Å². The molecule has 0 radical (unpaired) electrons. The zero-order chi connectivity index (χ0) is 20.8. The Kier molecular flexibility index (Phi) is 7.48. The van der Waals surface area contributed by atoms with Gasteiger partial charge < -0.3 is 10.2 Å². The summed E-state index contributed by atoms with van der Waals surface area (Å²) < 4.78 is 0. The predicted molar refractivity (Wildman–Crippen MR) is 123 cm³/mol. The third kappa shape index (κ3) is 5.64. The van der Waals surface area contributed by atoms with E-state index in [0.717, 1.165) is 63.7 Å². The van der Waals surface area contributed by atoms with Gasteiger partial charge in [-0.1, -0.05) is 50.1 Å². The van der Waals surface area contributed by atoms with Crippen LogP contribution < -0.4 is 5.32 Å². The summed E-state index contributed by atoms with van der Waals surface area (Å²) in [6, 6.07) is 10.8. The van der Waals surface area contributed by atoms with Crippen LogP contribution in [0.2, 0.25) is 0 Å². The smallest absolute Gasteiger partial charge is 0.226 e. The Morgan fingerprint density at radius 2 is 1.83 bits per heavy atom. The van der Waals surface area contributed by atoms with E-state index in [0.29, 0.717) is 5.91 Å². The van der Waals surface area contributed by atoms with Crippen LogP contribution in [0.1, 0.15) is 63.9 Å². The number of amides is 1. The SMILES string of the molecule is CC1CC2CCCC(C(=O)NCCCCN3CCN(Cc4ccccc4)CC3)(C1)C2. The summed E-state index contributed by atoms with van der Waals surface area (Å²) in [6.45, 7) is 10.1. The molecular formula is C26H41N3O. The maximum Gasteiger partial charge on any atom is 0.226 e. The van der Waals surface area contributed by atoms with E-state index in [9.17, 15) is 4.79 Å². The van der Waals surface area contributed by atoms with E-state index >= 15 is 0 Å². The molecule has 3 unspecified atom stereocenters. The summed E-state index contributed by atoms with van der Waals surface area (Å²) in [7, 11) is 0. The maximum atomic E-state index is 13.0. The first-order valence-corrected chi connectivity index (χ1v) is 12.4. The highest BCUT2D eigenvalue weighted by atomic mass is 16.2. The van der Waals surface area contributed by atoms with Crippen LogP contribution in [0.3, 0.4) is 0 Å². The fourth-order valence-corrected chi connectivity index (χ4v) is 6.35. The zero-order valence-electron chi connectivity index (χ0n) is 19.0. The van der Waals surface area contributed by atoms with E-state index in [1.54, 1.807) is 0 Å². The number of benzene rings is 1. The van der Waals surface area contributed by atoms with Gasteiger partial charge in [-0.2, -0.15) is 0 Å². The first kappa shape index (κ1) is 21.8. The molecule has 2 aliphatic carbocycles. The second-order valence-electron chi connectivity index (χ2n) is 10.4. The molecule has 2 bridgehead atoms. The number of carbonyl (C=O) groups is 1. The van der Waals surface area contributed by atoms with Gasteiger partial charge in [0.1, 0.15) is 0 Å². The third-order valence-electron chi connectivity index (χ3n) is 7.80. The summed E-state index contributed by atoms with van der Waals surface area (Å²) in [5.41, 5.74) is 1.38. The molecule has 3 fully saturated rings. The molecule has 4 rings (SSSR count). The summed E-state index contributed by atoms with van der Waals surface area (Å²) in [4.78, 5) is 18.2. The van der Waals surface area contributed by atoms with E-state index in [1.165, 1.54) is 50.9 Å². The average molecular weight is 412 g/mol. The Hall–Kier alpha value is -1.39. The molecule has 2 saturated carbocycles. The topological polar surface area (TPSA) is 35.6 Å². The molecule has 1 N–H and O–H groups in total. The van der Waals surface area contributed by atoms with Crippen molar-refractivity contribution in [1.29, 1.82) is 0 Å². The first-order chi connectivity index (χ1) is 14.6. The molecule has 3 aliphatic rings. The van der Waals surface area contributed by atoms with Gasteiger partial charge in [0.2, 0.25) is 5.91 Å². The molecule has 4 nitrogen and oxygen atoms in total. The van der Waals surface area contributed by atoms with Crippen LogP contribution in [-0.2, 0) is 11.3 Å². The molecule has 166 valence electrons. The van der Waals surface area contributed by atoms with Crippen LogP contribution >= 0.6 is 0 Å². The molecule has 1 saturated heterocycles. The van der Waals surface area contributed by atoms with Gasteiger partial charge in [0.05, 0.1) is 0 Å². The number of hydrogen-bond acceptors (Lipinski definition) is 3. The number of rotatable bonds is 8. The Labute approximate surface area is 183 Å².